The van der Waals surface area contributed by atoms with E-state index in [0.29, 0.717) is 11.8 Å². The minimum atomic E-state index is 0.192. The first-order valence-electron chi connectivity index (χ1n) is 10.4. The average Bonchev–Trinajstić information content (AvgIpc) is 3.21. The quantitative estimate of drug-likeness (QED) is 0.813. The lowest BCUT2D eigenvalue weighted by Gasteiger charge is -2.39. The number of carbonyl (C=O) groups excluding carboxylic acids is 1. The van der Waals surface area contributed by atoms with Gasteiger partial charge in [-0.3, -0.25) is 4.79 Å². The number of carbonyl (C=O) groups is 1. The summed E-state index contributed by atoms with van der Waals surface area (Å²) in [6.45, 7) is 8.67. The molecular formula is C21H30N6O. The topological polar surface area (TPSA) is 67.2 Å². The zero-order valence-electron chi connectivity index (χ0n) is 16.9. The maximum Gasteiger partial charge on any atom is 0.225 e. The number of benzene rings is 1. The summed E-state index contributed by atoms with van der Waals surface area (Å²) >= 11 is 0. The number of rotatable bonds is 4. The van der Waals surface area contributed by atoms with Crippen molar-refractivity contribution in [3.63, 3.8) is 0 Å². The molecule has 2 aromatic rings. The highest BCUT2D eigenvalue weighted by molar-refractivity contribution is 5.79. The van der Waals surface area contributed by atoms with Crippen LogP contribution in [0.25, 0.3) is 0 Å². The van der Waals surface area contributed by atoms with Gasteiger partial charge in [0, 0.05) is 44.3 Å². The monoisotopic (exact) mass is 382 g/mol. The fraction of sp³-hybridized carbons (Fsp3) is 0.619. The van der Waals surface area contributed by atoms with Crippen LogP contribution in [0, 0.1) is 25.7 Å². The molecule has 1 aliphatic carbocycles. The minimum Gasteiger partial charge on any atom is -0.368 e. The zero-order valence-corrected chi connectivity index (χ0v) is 16.9. The summed E-state index contributed by atoms with van der Waals surface area (Å²) in [6.07, 6.45) is 5.82. The van der Waals surface area contributed by atoms with E-state index < -0.39 is 0 Å². The van der Waals surface area contributed by atoms with Crippen molar-refractivity contribution in [2.45, 2.75) is 46.1 Å². The van der Waals surface area contributed by atoms with Gasteiger partial charge in [-0.2, -0.15) is 0 Å². The molecule has 4 rings (SSSR count). The van der Waals surface area contributed by atoms with Gasteiger partial charge in [0.1, 0.15) is 6.33 Å². The van der Waals surface area contributed by atoms with Crippen molar-refractivity contribution in [3.05, 3.63) is 35.7 Å². The van der Waals surface area contributed by atoms with Crippen molar-refractivity contribution in [1.29, 1.82) is 0 Å². The predicted octanol–water partition coefficient (Wildman–Crippen LogP) is 2.45. The molecule has 0 bridgehead atoms. The second-order valence-corrected chi connectivity index (χ2v) is 8.35. The standard InChI is InChI=1S/C21H30N6O/c1-16-3-8-20(17(2)13-16)25-9-11-26(12-10-25)21(28)19-6-4-18(5-7-19)14-27-15-22-23-24-27/h3,8,13,15,18-19H,4-7,9-12,14H2,1-2H3. The van der Waals surface area contributed by atoms with E-state index in [2.05, 4.69) is 57.4 Å². The molecule has 0 spiro atoms. The first kappa shape index (κ1) is 18.9. The highest BCUT2D eigenvalue weighted by Gasteiger charge is 2.31. The molecule has 1 saturated carbocycles. The number of nitrogens with zero attached hydrogens (tertiary/aromatic N) is 6. The number of anilines is 1. The van der Waals surface area contributed by atoms with Crippen molar-refractivity contribution in [2.75, 3.05) is 31.1 Å². The van der Waals surface area contributed by atoms with Crippen LogP contribution >= 0.6 is 0 Å². The number of aryl methyl sites for hydroxylation is 2. The van der Waals surface area contributed by atoms with E-state index in [4.69, 9.17) is 0 Å². The van der Waals surface area contributed by atoms with Crippen molar-refractivity contribution in [1.82, 2.24) is 25.1 Å². The van der Waals surface area contributed by atoms with E-state index >= 15 is 0 Å². The Morgan fingerprint density at radius 3 is 2.46 bits per heavy atom. The van der Waals surface area contributed by atoms with E-state index in [0.717, 1.165) is 58.4 Å². The summed E-state index contributed by atoms with van der Waals surface area (Å²) in [4.78, 5) is 17.5. The molecule has 1 aromatic heterocycles. The van der Waals surface area contributed by atoms with Crippen molar-refractivity contribution >= 4 is 11.6 Å². The second kappa shape index (κ2) is 8.29. The van der Waals surface area contributed by atoms with Gasteiger partial charge >= 0.3 is 0 Å². The first-order valence-corrected chi connectivity index (χ1v) is 10.4. The van der Waals surface area contributed by atoms with Crippen LogP contribution in [0.5, 0.6) is 0 Å². The molecule has 0 N–H and O–H groups in total. The molecule has 150 valence electrons. The van der Waals surface area contributed by atoms with Gasteiger partial charge in [0.25, 0.3) is 0 Å². The minimum absolute atomic E-state index is 0.192. The van der Waals surface area contributed by atoms with Gasteiger partial charge in [-0.05, 0) is 67.5 Å². The molecule has 2 fully saturated rings. The van der Waals surface area contributed by atoms with E-state index in [1.165, 1.54) is 16.8 Å². The zero-order chi connectivity index (χ0) is 19.5. The van der Waals surface area contributed by atoms with E-state index in [1.807, 2.05) is 0 Å². The third-order valence-electron chi connectivity index (χ3n) is 6.32. The Morgan fingerprint density at radius 2 is 1.82 bits per heavy atom. The highest BCUT2D eigenvalue weighted by atomic mass is 16.2. The Hall–Kier alpha value is -2.44. The first-order chi connectivity index (χ1) is 13.6. The molecule has 0 unspecified atom stereocenters. The third kappa shape index (κ3) is 4.18. The van der Waals surface area contributed by atoms with Gasteiger partial charge in [-0.25, -0.2) is 4.68 Å². The molecule has 2 heterocycles. The SMILES string of the molecule is Cc1ccc(N2CCN(C(=O)C3CCC(Cn4cnnn4)CC3)CC2)c(C)c1. The van der Waals surface area contributed by atoms with Gasteiger partial charge < -0.3 is 9.80 Å². The van der Waals surface area contributed by atoms with Crippen LogP contribution in [-0.4, -0.2) is 57.2 Å². The van der Waals surface area contributed by atoms with Crippen LogP contribution in [0.4, 0.5) is 5.69 Å². The molecule has 7 nitrogen and oxygen atoms in total. The fourth-order valence-corrected chi connectivity index (χ4v) is 4.71. The predicted molar refractivity (Wildman–Crippen MR) is 108 cm³/mol. The van der Waals surface area contributed by atoms with Crippen LogP contribution in [0.1, 0.15) is 36.8 Å². The Labute approximate surface area is 166 Å². The lowest BCUT2D eigenvalue weighted by molar-refractivity contribution is -0.137. The molecule has 0 radical (unpaired) electrons. The molecule has 0 atom stereocenters. The van der Waals surface area contributed by atoms with E-state index in [1.54, 1.807) is 11.0 Å². The highest BCUT2D eigenvalue weighted by Crippen LogP contribution is 2.31. The Morgan fingerprint density at radius 1 is 1.07 bits per heavy atom. The van der Waals surface area contributed by atoms with Crippen molar-refractivity contribution in [2.24, 2.45) is 11.8 Å². The second-order valence-electron chi connectivity index (χ2n) is 8.35. The third-order valence-corrected chi connectivity index (χ3v) is 6.32. The summed E-state index contributed by atoms with van der Waals surface area (Å²) in [7, 11) is 0. The van der Waals surface area contributed by atoms with Gasteiger partial charge in [0.2, 0.25) is 5.91 Å². The maximum absolute atomic E-state index is 13.0. The number of amides is 1. The van der Waals surface area contributed by atoms with E-state index in [9.17, 15) is 4.79 Å². The number of piperazine rings is 1. The number of aromatic nitrogens is 4. The van der Waals surface area contributed by atoms with E-state index in [-0.39, 0.29) is 5.92 Å². The molecule has 7 heteroatoms. The molecular weight excluding hydrogens is 352 g/mol. The van der Waals surface area contributed by atoms with Crippen LogP contribution in [0.15, 0.2) is 24.5 Å². The summed E-state index contributed by atoms with van der Waals surface area (Å²) in [5.41, 5.74) is 3.92. The average molecular weight is 383 g/mol. The summed E-state index contributed by atoms with van der Waals surface area (Å²) in [5.74, 6) is 1.13. The Bertz CT molecular complexity index is 789. The number of hydrogen-bond donors (Lipinski definition) is 0. The molecule has 1 amide bonds. The Balaban J connectivity index is 1.26. The lowest BCUT2D eigenvalue weighted by Crippen LogP contribution is -2.51. The van der Waals surface area contributed by atoms with Gasteiger partial charge in [0.15, 0.2) is 0 Å². The summed E-state index contributed by atoms with van der Waals surface area (Å²) < 4.78 is 1.80. The lowest BCUT2D eigenvalue weighted by atomic mass is 9.81. The van der Waals surface area contributed by atoms with Gasteiger partial charge in [0.05, 0.1) is 0 Å². The molecule has 2 aliphatic rings. The molecule has 28 heavy (non-hydrogen) atoms. The molecule has 1 aromatic carbocycles. The van der Waals surface area contributed by atoms with Gasteiger partial charge in [-0.1, -0.05) is 17.7 Å². The van der Waals surface area contributed by atoms with Crippen molar-refractivity contribution in [3.8, 4) is 0 Å². The molecule has 1 aliphatic heterocycles. The summed E-state index contributed by atoms with van der Waals surface area (Å²) in [6, 6.07) is 6.63. The van der Waals surface area contributed by atoms with Gasteiger partial charge in [-0.15, -0.1) is 5.10 Å². The largest absolute Gasteiger partial charge is 0.368 e. The maximum atomic E-state index is 13.0. The normalized spacial score (nSPS) is 23.1. The fourth-order valence-electron chi connectivity index (χ4n) is 4.71. The van der Waals surface area contributed by atoms with Crippen LogP contribution in [0.3, 0.4) is 0 Å². The van der Waals surface area contributed by atoms with Crippen LogP contribution < -0.4 is 4.90 Å². The van der Waals surface area contributed by atoms with Crippen LogP contribution in [-0.2, 0) is 11.3 Å². The van der Waals surface area contributed by atoms with Crippen LogP contribution in [0.2, 0.25) is 0 Å². The van der Waals surface area contributed by atoms with Crippen molar-refractivity contribution < 1.29 is 4.79 Å². The molecule has 1 saturated heterocycles. The smallest absolute Gasteiger partial charge is 0.225 e. The summed E-state index contributed by atoms with van der Waals surface area (Å²) in [5, 5.41) is 11.4. The number of tetrazole rings is 1. The Kier molecular flexibility index (Phi) is 5.59. The number of hydrogen-bond acceptors (Lipinski definition) is 5.